The number of hydrogen-bond donors (Lipinski definition) is 1. The van der Waals surface area contributed by atoms with Crippen molar-refractivity contribution in [1.82, 2.24) is 10.2 Å². The Balaban J connectivity index is 1.51. The number of ether oxygens (including phenoxy) is 2. The van der Waals surface area contributed by atoms with Gasteiger partial charge in [0.05, 0.1) is 12.0 Å². The Bertz CT molecular complexity index is 1130. The van der Waals surface area contributed by atoms with E-state index in [1.165, 1.54) is 20.1 Å². The van der Waals surface area contributed by atoms with Crippen LogP contribution in [0, 0.1) is 0 Å². The number of amides is 3. The molecular formula is C23H21ClN2O6S. The molecule has 172 valence electrons. The average Bonchev–Trinajstić information content (AvgIpc) is 3.06. The van der Waals surface area contributed by atoms with E-state index in [-0.39, 0.29) is 30.4 Å². The van der Waals surface area contributed by atoms with Crippen molar-refractivity contribution in [1.29, 1.82) is 0 Å². The smallest absolute Gasteiger partial charge is 0.293 e. The molecule has 0 radical (unpaired) electrons. The summed E-state index contributed by atoms with van der Waals surface area (Å²) in [4.78, 5) is 49.7. The van der Waals surface area contributed by atoms with Crippen LogP contribution in [0.5, 0.6) is 11.5 Å². The summed E-state index contributed by atoms with van der Waals surface area (Å²) in [5.41, 5.74) is 1.10. The predicted octanol–water partition coefficient (Wildman–Crippen LogP) is 3.78. The third-order valence-corrected chi connectivity index (χ3v) is 5.90. The molecule has 1 heterocycles. The van der Waals surface area contributed by atoms with Crippen molar-refractivity contribution >= 4 is 52.3 Å². The van der Waals surface area contributed by atoms with Crippen LogP contribution in [-0.2, 0) is 9.59 Å². The molecule has 0 bridgehead atoms. The number of nitrogens with zero attached hydrogens (tertiary/aromatic N) is 1. The first-order chi connectivity index (χ1) is 15.8. The van der Waals surface area contributed by atoms with Gasteiger partial charge in [-0.2, -0.15) is 0 Å². The summed E-state index contributed by atoms with van der Waals surface area (Å²) in [7, 11) is 1.43. The molecule has 33 heavy (non-hydrogen) atoms. The number of carbonyl (C=O) groups excluding carboxylic acids is 4. The molecular weight excluding hydrogens is 468 g/mol. The first kappa shape index (κ1) is 24.3. The molecule has 0 saturated carbocycles. The summed E-state index contributed by atoms with van der Waals surface area (Å²) in [5, 5.41) is 2.67. The lowest BCUT2D eigenvalue weighted by molar-refractivity contribution is -0.125. The standard InChI is InChI=1S/C23H21ClN2O6S/c1-14(27)15-7-8-18(19(11-15)31-2)32-13-21(28)25-9-10-26-22(29)20(33-23(26)30)12-16-5-3-4-6-17(16)24/h3-8,11-12H,9-10,13H2,1-2H3,(H,25,28). The SMILES string of the molecule is COc1cc(C(C)=O)ccc1OCC(=O)NCCN1C(=O)SC(=Cc2ccccc2Cl)C1=O. The number of nitrogens with one attached hydrogen (secondary N) is 1. The number of benzene rings is 2. The van der Waals surface area contributed by atoms with Gasteiger partial charge in [-0.3, -0.25) is 24.1 Å². The first-order valence-corrected chi connectivity index (χ1v) is 11.1. The fourth-order valence-corrected chi connectivity index (χ4v) is 3.98. The molecule has 0 aromatic heterocycles. The Kier molecular flexibility index (Phi) is 8.13. The van der Waals surface area contributed by atoms with E-state index >= 15 is 0 Å². The number of carbonyl (C=O) groups is 4. The number of Topliss-reactive ketones (excluding diaryl/α,β-unsaturated/α-hetero) is 1. The number of hydrogen-bond acceptors (Lipinski definition) is 7. The monoisotopic (exact) mass is 488 g/mol. The Morgan fingerprint density at radius 1 is 1.15 bits per heavy atom. The van der Waals surface area contributed by atoms with E-state index in [0.29, 0.717) is 27.6 Å². The second kappa shape index (κ2) is 11.0. The lowest BCUT2D eigenvalue weighted by Gasteiger charge is -2.14. The van der Waals surface area contributed by atoms with Crippen molar-refractivity contribution in [3.63, 3.8) is 0 Å². The quantitative estimate of drug-likeness (QED) is 0.423. The van der Waals surface area contributed by atoms with Crippen LogP contribution in [0.15, 0.2) is 47.4 Å². The predicted molar refractivity (Wildman–Crippen MR) is 126 cm³/mol. The van der Waals surface area contributed by atoms with Gasteiger partial charge in [0, 0.05) is 23.7 Å². The minimum Gasteiger partial charge on any atom is -0.493 e. The van der Waals surface area contributed by atoms with Crippen LogP contribution in [-0.4, -0.2) is 54.5 Å². The van der Waals surface area contributed by atoms with Crippen LogP contribution < -0.4 is 14.8 Å². The fraction of sp³-hybridized carbons (Fsp3) is 0.217. The van der Waals surface area contributed by atoms with Crippen LogP contribution in [0.3, 0.4) is 0 Å². The lowest BCUT2D eigenvalue weighted by Crippen LogP contribution is -2.38. The van der Waals surface area contributed by atoms with E-state index in [1.807, 2.05) is 0 Å². The highest BCUT2D eigenvalue weighted by Gasteiger charge is 2.34. The van der Waals surface area contributed by atoms with Gasteiger partial charge in [-0.1, -0.05) is 29.8 Å². The maximum absolute atomic E-state index is 12.6. The van der Waals surface area contributed by atoms with Crippen LogP contribution in [0.4, 0.5) is 4.79 Å². The molecule has 0 atom stereocenters. The normalized spacial score (nSPS) is 14.5. The van der Waals surface area contributed by atoms with Gasteiger partial charge in [-0.15, -0.1) is 0 Å². The highest BCUT2D eigenvalue weighted by atomic mass is 35.5. The van der Waals surface area contributed by atoms with Gasteiger partial charge >= 0.3 is 0 Å². The summed E-state index contributed by atoms with van der Waals surface area (Å²) in [6.07, 6.45) is 1.57. The fourth-order valence-electron chi connectivity index (χ4n) is 2.93. The van der Waals surface area contributed by atoms with Crippen LogP contribution >= 0.6 is 23.4 Å². The minimum atomic E-state index is -0.439. The van der Waals surface area contributed by atoms with Crippen molar-refractivity contribution in [2.45, 2.75) is 6.92 Å². The van der Waals surface area contributed by atoms with Crippen LogP contribution in [0.2, 0.25) is 5.02 Å². The van der Waals surface area contributed by atoms with E-state index in [2.05, 4.69) is 5.32 Å². The zero-order chi connectivity index (χ0) is 24.0. The van der Waals surface area contributed by atoms with Crippen LogP contribution in [0.25, 0.3) is 6.08 Å². The number of rotatable bonds is 9. The summed E-state index contributed by atoms with van der Waals surface area (Å²) in [6.45, 7) is 1.23. The number of methoxy groups -OCH3 is 1. The average molecular weight is 489 g/mol. The van der Waals surface area contributed by atoms with Gasteiger partial charge in [0.15, 0.2) is 23.9 Å². The molecule has 10 heteroatoms. The third-order valence-electron chi connectivity index (χ3n) is 4.65. The zero-order valence-corrected chi connectivity index (χ0v) is 19.5. The highest BCUT2D eigenvalue weighted by Crippen LogP contribution is 2.33. The number of imide groups is 1. The van der Waals surface area contributed by atoms with Gasteiger partial charge in [0.2, 0.25) is 0 Å². The number of thioether (sulfide) groups is 1. The molecule has 1 N–H and O–H groups in total. The largest absolute Gasteiger partial charge is 0.493 e. The Hall–Kier alpha value is -3.30. The Morgan fingerprint density at radius 2 is 1.91 bits per heavy atom. The highest BCUT2D eigenvalue weighted by molar-refractivity contribution is 8.18. The van der Waals surface area contributed by atoms with E-state index < -0.39 is 17.1 Å². The molecule has 1 saturated heterocycles. The van der Waals surface area contributed by atoms with Gasteiger partial charge < -0.3 is 14.8 Å². The van der Waals surface area contributed by atoms with Gasteiger partial charge in [-0.05, 0) is 54.6 Å². The summed E-state index contributed by atoms with van der Waals surface area (Å²) in [6, 6.07) is 11.7. The zero-order valence-electron chi connectivity index (χ0n) is 17.9. The van der Waals surface area contributed by atoms with Crippen molar-refractivity contribution < 1.29 is 28.7 Å². The Morgan fingerprint density at radius 3 is 2.61 bits per heavy atom. The number of halogens is 1. The topological polar surface area (TPSA) is 102 Å². The van der Waals surface area contributed by atoms with Gasteiger partial charge in [0.1, 0.15) is 0 Å². The van der Waals surface area contributed by atoms with E-state index in [4.69, 9.17) is 21.1 Å². The molecule has 2 aromatic rings. The van der Waals surface area contributed by atoms with Crippen molar-refractivity contribution in [3.05, 3.63) is 63.5 Å². The van der Waals surface area contributed by atoms with E-state index in [9.17, 15) is 19.2 Å². The molecule has 0 aliphatic carbocycles. The molecule has 3 amide bonds. The Labute approximate surface area is 199 Å². The summed E-state index contributed by atoms with van der Waals surface area (Å²) < 4.78 is 10.7. The summed E-state index contributed by atoms with van der Waals surface area (Å²) >= 11 is 6.93. The third kappa shape index (κ3) is 6.15. The van der Waals surface area contributed by atoms with E-state index in [1.54, 1.807) is 42.5 Å². The maximum Gasteiger partial charge on any atom is 0.293 e. The van der Waals surface area contributed by atoms with Crippen molar-refractivity contribution in [2.75, 3.05) is 26.8 Å². The van der Waals surface area contributed by atoms with Crippen molar-refractivity contribution in [3.8, 4) is 11.5 Å². The molecule has 1 aliphatic rings. The maximum atomic E-state index is 12.6. The molecule has 1 fully saturated rings. The first-order valence-electron chi connectivity index (χ1n) is 9.88. The lowest BCUT2D eigenvalue weighted by atomic mass is 10.1. The molecule has 0 spiro atoms. The van der Waals surface area contributed by atoms with Crippen LogP contribution in [0.1, 0.15) is 22.8 Å². The second-order valence-corrected chi connectivity index (χ2v) is 8.32. The molecule has 3 rings (SSSR count). The summed E-state index contributed by atoms with van der Waals surface area (Å²) in [5.74, 6) is -0.351. The van der Waals surface area contributed by atoms with Crippen molar-refractivity contribution in [2.24, 2.45) is 0 Å². The molecule has 0 unspecified atom stereocenters. The minimum absolute atomic E-state index is 0.0207. The number of ketones is 1. The second-order valence-electron chi connectivity index (χ2n) is 6.92. The van der Waals surface area contributed by atoms with E-state index in [0.717, 1.165) is 16.7 Å². The van der Waals surface area contributed by atoms with Gasteiger partial charge in [-0.25, -0.2) is 0 Å². The van der Waals surface area contributed by atoms with Gasteiger partial charge in [0.25, 0.3) is 17.1 Å². The molecule has 8 nitrogen and oxygen atoms in total. The molecule has 1 aliphatic heterocycles. The molecule has 2 aromatic carbocycles.